The van der Waals surface area contributed by atoms with Gasteiger partial charge in [-0.2, -0.15) is 0 Å². The quantitative estimate of drug-likeness (QED) is 0.698. The molecule has 0 radical (unpaired) electrons. The second-order valence-corrected chi connectivity index (χ2v) is 7.61. The second-order valence-electron chi connectivity index (χ2n) is 5.70. The van der Waals surface area contributed by atoms with Crippen molar-refractivity contribution in [2.45, 2.75) is 6.92 Å². The zero-order valence-corrected chi connectivity index (χ0v) is 16.3. The summed E-state index contributed by atoms with van der Waals surface area (Å²) in [6.45, 7) is 2.35. The molecule has 3 rings (SSSR count). The van der Waals surface area contributed by atoms with Crippen molar-refractivity contribution in [1.82, 2.24) is 4.90 Å². The zero-order valence-electron chi connectivity index (χ0n) is 13.9. The minimum Gasteiger partial charge on any atom is -0.507 e. The van der Waals surface area contributed by atoms with Gasteiger partial charge in [0.2, 0.25) is 0 Å². The highest BCUT2D eigenvalue weighted by molar-refractivity contribution is 9.10. The minimum absolute atomic E-state index is 0.0442. The van der Waals surface area contributed by atoms with Gasteiger partial charge in [0.15, 0.2) is 0 Å². The van der Waals surface area contributed by atoms with Crippen LogP contribution in [0.2, 0.25) is 0 Å². The first-order chi connectivity index (χ1) is 12.4. The van der Waals surface area contributed by atoms with Gasteiger partial charge in [-0.15, -0.1) is 0 Å². The minimum atomic E-state index is -0.382. The summed E-state index contributed by atoms with van der Waals surface area (Å²) in [5.41, 5.74) is 1.55. The average Bonchev–Trinajstić information content (AvgIpc) is 2.86. The van der Waals surface area contributed by atoms with Crippen molar-refractivity contribution in [3.05, 3.63) is 63.0 Å². The number of aromatic hydroxyl groups is 1. The van der Waals surface area contributed by atoms with E-state index in [0.717, 1.165) is 26.7 Å². The number of imide groups is 1. The standard InChI is InChI=1S/C19H16BrNO4S/c1-12-3-2-4-15(9-12)25-8-7-21-18(23)17(26-19(21)24)11-13-10-14(20)5-6-16(13)22/h2-6,9-11,22H,7-8H2,1H3/b17-11-. The van der Waals surface area contributed by atoms with Gasteiger partial charge in [-0.25, -0.2) is 0 Å². The van der Waals surface area contributed by atoms with Crippen molar-refractivity contribution in [1.29, 1.82) is 0 Å². The van der Waals surface area contributed by atoms with Crippen LogP contribution in [0.3, 0.4) is 0 Å². The number of hydrogen-bond donors (Lipinski definition) is 1. The fraction of sp³-hybridized carbons (Fsp3) is 0.158. The maximum atomic E-state index is 12.5. The van der Waals surface area contributed by atoms with Gasteiger partial charge in [-0.3, -0.25) is 14.5 Å². The largest absolute Gasteiger partial charge is 0.507 e. The van der Waals surface area contributed by atoms with Crippen LogP contribution in [-0.2, 0) is 4.79 Å². The van der Waals surface area contributed by atoms with E-state index < -0.39 is 0 Å². The molecular weight excluding hydrogens is 418 g/mol. The second kappa shape index (κ2) is 7.97. The molecule has 5 nitrogen and oxygen atoms in total. The van der Waals surface area contributed by atoms with Gasteiger partial charge in [-0.05, 0) is 60.7 Å². The van der Waals surface area contributed by atoms with E-state index in [4.69, 9.17) is 4.74 Å². The number of carbonyl (C=O) groups is 2. The van der Waals surface area contributed by atoms with E-state index in [2.05, 4.69) is 15.9 Å². The number of phenolic OH excluding ortho intramolecular Hbond substituents is 1. The molecule has 1 aliphatic rings. The normalized spacial score (nSPS) is 15.8. The first-order valence-electron chi connectivity index (χ1n) is 7.87. The Morgan fingerprint density at radius 1 is 1.23 bits per heavy atom. The number of hydrogen-bond acceptors (Lipinski definition) is 5. The van der Waals surface area contributed by atoms with Crippen molar-refractivity contribution in [2.75, 3.05) is 13.2 Å². The third kappa shape index (κ3) is 4.28. The molecular formula is C19H16BrNO4S. The molecule has 1 heterocycles. The lowest BCUT2D eigenvalue weighted by molar-refractivity contribution is -0.123. The van der Waals surface area contributed by atoms with Gasteiger partial charge in [0, 0.05) is 10.0 Å². The molecule has 1 N–H and O–H groups in total. The highest BCUT2D eigenvalue weighted by atomic mass is 79.9. The Kier molecular flexibility index (Phi) is 5.68. The molecule has 134 valence electrons. The lowest BCUT2D eigenvalue weighted by Gasteiger charge is -2.13. The fourth-order valence-corrected chi connectivity index (χ4v) is 3.67. The SMILES string of the molecule is Cc1cccc(OCCN2C(=O)S/C(=C\c3cc(Br)ccc3O)C2=O)c1. The van der Waals surface area contributed by atoms with Crippen LogP contribution in [0, 0.1) is 6.92 Å². The summed E-state index contributed by atoms with van der Waals surface area (Å²) in [5, 5.41) is 9.55. The van der Waals surface area contributed by atoms with E-state index >= 15 is 0 Å². The summed E-state index contributed by atoms with van der Waals surface area (Å²) in [7, 11) is 0. The van der Waals surface area contributed by atoms with Gasteiger partial charge in [0.25, 0.3) is 11.1 Å². The predicted octanol–water partition coefficient (Wildman–Crippen LogP) is 4.58. The molecule has 0 aromatic heterocycles. The van der Waals surface area contributed by atoms with Crippen LogP contribution in [0.1, 0.15) is 11.1 Å². The summed E-state index contributed by atoms with van der Waals surface area (Å²) in [4.78, 5) is 26.0. The Balaban J connectivity index is 1.67. The number of benzene rings is 2. The number of amides is 2. The molecule has 1 aliphatic heterocycles. The molecule has 0 unspecified atom stereocenters. The number of carbonyl (C=O) groups excluding carboxylic acids is 2. The molecule has 0 aliphatic carbocycles. The van der Waals surface area contributed by atoms with Crippen molar-refractivity contribution in [2.24, 2.45) is 0 Å². The fourth-order valence-electron chi connectivity index (χ4n) is 2.43. The smallest absolute Gasteiger partial charge is 0.293 e. The maximum Gasteiger partial charge on any atom is 0.293 e. The van der Waals surface area contributed by atoms with Crippen LogP contribution in [0.4, 0.5) is 4.79 Å². The van der Waals surface area contributed by atoms with Crippen molar-refractivity contribution in [3.8, 4) is 11.5 Å². The first kappa shape index (κ1) is 18.5. The van der Waals surface area contributed by atoms with Crippen LogP contribution in [0.5, 0.6) is 11.5 Å². The zero-order chi connectivity index (χ0) is 18.7. The predicted molar refractivity (Wildman–Crippen MR) is 105 cm³/mol. The molecule has 1 saturated heterocycles. The molecule has 2 amide bonds. The third-order valence-electron chi connectivity index (χ3n) is 3.72. The van der Waals surface area contributed by atoms with E-state index in [9.17, 15) is 14.7 Å². The molecule has 0 saturated carbocycles. The van der Waals surface area contributed by atoms with Crippen LogP contribution in [0.15, 0.2) is 51.8 Å². The van der Waals surface area contributed by atoms with Crippen molar-refractivity contribution >= 4 is 44.9 Å². The number of thioether (sulfide) groups is 1. The summed E-state index contributed by atoms with van der Waals surface area (Å²) >= 11 is 4.18. The molecule has 7 heteroatoms. The van der Waals surface area contributed by atoms with Crippen LogP contribution < -0.4 is 4.74 Å². The average molecular weight is 434 g/mol. The Labute approximate surface area is 163 Å². The van der Waals surface area contributed by atoms with Crippen molar-refractivity contribution in [3.63, 3.8) is 0 Å². The Morgan fingerprint density at radius 2 is 2.04 bits per heavy atom. The maximum absolute atomic E-state index is 12.5. The van der Waals surface area contributed by atoms with Gasteiger partial charge in [0.1, 0.15) is 18.1 Å². The van der Waals surface area contributed by atoms with Crippen LogP contribution in [-0.4, -0.2) is 34.3 Å². The third-order valence-corrected chi connectivity index (χ3v) is 5.12. The molecule has 0 atom stereocenters. The molecule has 0 bridgehead atoms. The summed E-state index contributed by atoms with van der Waals surface area (Å²) < 4.78 is 6.38. The number of ether oxygens (including phenoxy) is 1. The van der Waals surface area contributed by atoms with Gasteiger partial charge >= 0.3 is 0 Å². The highest BCUT2D eigenvalue weighted by Crippen LogP contribution is 2.34. The Bertz CT molecular complexity index is 897. The molecule has 26 heavy (non-hydrogen) atoms. The van der Waals surface area contributed by atoms with E-state index in [0.29, 0.717) is 11.3 Å². The van der Waals surface area contributed by atoms with E-state index in [1.54, 1.807) is 12.1 Å². The van der Waals surface area contributed by atoms with Crippen LogP contribution in [0.25, 0.3) is 6.08 Å². The lowest BCUT2D eigenvalue weighted by atomic mass is 10.2. The Morgan fingerprint density at radius 3 is 2.81 bits per heavy atom. The molecule has 2 aromatic rings. The molecule has 1 fully saturated rings. The van der Waals surface area contributed by atoms with Gasteiger partial charge < -0.3 is 9.84 Å². The van der Waals surface area contributed by atoms with E-state index in [1.807, 2.05) is 31.2 Å². The van der Waals surface area contributed by atoms with Crippen LogP contribution >= 0.6 is 27.7 Å². The molecule has 2 aromatic carbocycles. The number of phenols is 1. The van der Waals surface area contributed by atoms with E-state index in [-0.39, 0.29) is 35.0 Å². The van der Waals surface area contributed by atoms with Gasteiger partial charge in [-0.1, -0.05) is 28.1 Å². The topological polar surface area (TPSA) is 66.8 Å². The summed E-state index contributed by atoms with van der Waals surface area (Å²) in [6.07, 6.45) is 1.52. The lowest BCUT2D eigenvalue weighted by Crippen LogP contribution is -2.32. The summed E-state index contributed by atoms with van der Waals surface area (Å²) in [5.74, 6) is 0.363. The monoisotopic (exact) mass is 433 g/mol. The Hall–Kier alpha value is -2.25. The number of nitrogens with zero attached hydrogens (tertiary/aromatic N) is 1. The number of rotatable bonds is 5. The molecule has 0 spiro atoms. The number of aryl methyl sites for hydroxylation is 1. The van der Waals surface area contributed by atoms with Gasteiger partial charge in [0.05, 0.1) is 11.4 Å². The van der Waals surface area contributed by atoms with E-state index in [1.165, 1.54) is 12.1 Å². The highest BCUT2D eigenvalue weighted by Gasteiger charge is 2.34. The number of halogens is 1. The first-order valence-corrected chi connectivity index (χ1v) is 9.48. The summed E-state index contributed by atoms with van der Waals surface area (Å²) in [6, 6.07) is 12.5. The van der Waals surface area contributed by atoms with Crippen molar-refractivity contribution < 1.29 is 19.4 Å².